The van der Waals surface area contributed by atoms with Crippen molar-refractivity contribution in [3.05, 3.63) is 10.4 Å². The number of aliphatic hydroxyl groups is 2. The molecule has 106 valence electrons. The predicted molar refractivity (Wildman–Crippen MR) is 69.2 cm³/mol. The third-order valence-corrected chi connectivity index (χ3v) is 4.81. The fourth-order valence-corrected chi connectivity index (χ4v) is 3.93. The Bertz CT molecular complexity index is 758. The number of ether oxygens (including phenoxy) is 1. The standard InChI is InChI=1S/C10H11N5O4S/c11-9-13-6-3(7(18)14-9)12-10-15(6)8-5(20-10)4(17)2(1-16)19-8/h2,4-5,8,16-17H,1H2,(H3,11,13,14,18)/t2-,4-,5?,8-/m1/s1. The topological polar surface area (TPSA) is 139 Å². The van der Waals surface area contributed by atoms with Crippen LogP contribution in [0.2, 0.25) is 0 Å². The summed E-state index contributed by atoms with van der Waals surface area (Å²) in [6, 6.07) is 0. The molecule has 0 aliphatic carbocycles. The first-order valence-corrected chi connectivity index (χ1v) is 6.87. The molecule has 20 heavy (non-hydrogen) atoms. The normalized spacial score (nSPS) is 31.7. The van der Waals surface area contributed by atoms with Crippen LogP contribution in [0.1, 0.15) is 6.23 Å². The number of hydrogen-bond donors (Lipinski definition) is 4. The molecule has 0 saturated carbocycles. The van der Waals surface area contributed by atoms with E-state index in [1.54, 1.807) is 4.57 Å². The number of fused-ring (bicyclic) bond motifs is 5. The van der Waals surface area contributed by atoms with E-state index < -0.39 is 24.0 Å². The Labute approximate surface area is 115 Å². The average Bonchev–Trinajstić information content (AvgIpc) is 3.00. The molecule has 9 nitrogen and oxygen atoms in total. The smallest absolute Gasteiger partial charge is 0.280 e. The van der Waals surface area contributed by atoms with Gasteiger partial charge in [0.1, 0.15) is 6.10 Å². The molecule has 0 amide bonds. The fourth-order valence-electron chi connectivity index (χ4n) is 2.62. The quantitative estimate of drug-likeness (QED) is 0.495. The number of nitrogens with two attached hydrogens (primary N) is 1. The van der Waals surface area contributed by atoms with Gasteiger partial charge in [0.25, 0.3) is 5.56 Å². The Morgan fingerprint density at radius 3 is 3.05 bits per heavy atom. The molecule has 4 heterocycles. The van der Waals surface area contributed by atoms with Crippen molar-refractivity contribution in [1.29, 1.82) is 0 Å². The zero-order valence-corrected chi connectivity index (χ0v) is 10.9. The van der Waals surface area contributed by atoms with Gasteiger partial charge >= 0.3 is 0 Å². The summed E-state index contributed by atoms with van der Waals surface area (Å²) < 4.78 is 7.28. The van der Waals surface area contributed by atoms with E-state index in [-0.39, 0.29) is 23.3 Å². The zero-order chi connectivity index (χ0) is 14.0. The molecule has 5 N–H and O–H groups in total. The van der Waals surface area contributed by atoms with Crippen molar-refractivity contribution in [1.82, 2.24) is 19.5 Å². The molecule has 4 rings (SSSR count). The molecule has 10 heteroatoms. The third-order valence-electron chi connectivity index (χ3n) is 3.53. The summed E-state index contributed by atoms with van der Waals surface area (Å²) in [5, 5.41) is 19.5. The highest BCUT2D eigenvalue weighted by molar-refractivity contribution is 8.00. The Morgan fingerprint density at radius 1 is 1.50 bits per heavy atom. The Hall–Kier alpha value is -1.62. The second kappa shape index (κ2) is 3.95. The van der Waals surface area contributed by atoms with Gasteiger partial charge in [0, 0.05) is 0 Å². The van der Waals surface area contributed by atoms with Gasteiger partial charge in [-0.05, 0) is 0 Å². The lowest BCUT2D eigenvalue weighted by Gasteiger charge is -2.12. The highest BCUT2D eigenvalue weighted by Gasteiger charge is 2.51. The van der Waals surface area contributed by atoms with E-state index in [1.807, 2.05) is 0 Å². The number of aromatic amines is 1. The van der Waals surface area contributed by atoms with Gasteiger partial charge in [0.05, 0.1) is 18.0 Å². The Morgan fingerprint density at radius 2 is 2.30 bits per heavy atom. The van der Waals surface area contributed by atoms with Crippen LogP contribution in [0, 0.1) is 0 Å². The van der Waals surface area contributed by atoms with Crippen molar-refractivity contribution in [3.63, 3.8) is 0 Å². The van der Waals surface area contributed by atoms with Gasteiger partial charge in [0.15, 0.2) is 22.5 Å². The molecule has 0 radical (unpaired) electrons. The molecule has 1 unspecified atom stereocenters. The van der Waals surface area contributed by atoms with E-state index in [1.165, 1.54) is 11.8 Å². The molecular weight excluding hydrogens is 286 g/mol. The van der Waals surface area contributed by atoms with Gasteiger partial charge in [-0.2, -0.15) is 4.98 Å². The van der Waals surface area contributed by atoms with Crippen molar-refractivity contribution >= 4 is 28.9 Å². The molecule has 0 aromatic carbocycles. The number of anilines is 1. The SMILES string of the molecule is Nc1nc2c(nc3n2[C@@H]2O[C@H](CO)[C@@H](O)C2S3)c(=O)[nH]1. The number of nitrogens with one attached hydrogen (secondary N) is 1. The van der Waals surface area contributed by atoms with Crippen molar-refractivity contribution in [2.45, 2.75) is 28.8 Å². The van der Waals surface area contributed by atoms with E-state index in [0.717, 1.165) is 0 Å². The van der Waals surface area contributed by atoms with Crippen LogP contribution in [-0.4, -0.2) is 53.8 Å². The second-order valence-corrected chi connectivity index (χ2v) is 5.85. The van der Waals surface area contributed by atoms with Crippen LogP contribution in [0.4, 0.5) is 5.95 Å². The van der Waals surface area contributed by atoms with Crippen LogP contribution in [-0.2, 0) is 4.74 Å². The van der Waals surface area contributed by atoms with Gasteiger partial charge in [-0.25, -0.2) is 4.98 Å². The Kier molecular flexibility index (Phi) is 2.40. The van der Waals surface area contributed by atoms with Crippen LogP contribution in [0.5, 0.6) is 0 Å². The fraction of sp³-hybridized carbons (Fsp3) is 0.500. The molecule has 0 spiro atoms. The van der Waals surface area contributed by atoms with Gasteiger partial charge in [-0.1, -0.05) is 11.8 Å². The largest absolute Gasteiger partial charge is 0.394 e. The second-order valence-electron chi connectivity index (χ2n) is 4.71. The number of H-pyrrole nitrogens is 1. The number of nitrogen functional groups attached to an aromatic ring is 1. The molecule has 1 fully saturated rings. The minimum absolute atomic E-state index is 0.00379. The highest BCUT2D eigenvalue weighted by atomic mass is 32.2. The van der Waals surface area contributed by atoms with Crippen LogP contribution < -0.4 is 11.3 Å². The maximum atomic E-state index is 11.8. The first-order valence-electron chi connectivity index (χ1n) is 5.99. The first kappa shape index (κ1) is 12.1. The number of nitrogens with zero attached hydrogens (tertiary/aromatic N) is 3. The van der Waals surface area contributed by atoms with E-state index in [2.05, 4.69) is 15.0 Å². The summed E-state index contributed by atoms with van der Waals surface area (Å²) >= 11 is 1.31. The maximum Gasteiger partial charge on any atom is 0.280 e. The minimum Gasteiger partial charge on any atom is -0.394 e. The summed E-state index contributed by atoms with van der Waals surface area (Å²) in [5.41, 5.74) is 5.65. The Balaban J connectivity index is 1.90. The number of rotatable bonds is 1. The average molecular weight is 297 g/mol. The maximum absolute atomic E-state index is 11.8. The van der Waals surface area contributed by atoms with E-state index in [9.17, 15) is 15.0 Å². The van der Waals surface area contributed by atoms with E-state index >= 15 is 0 Å². The molecule has 4 atom stereocenters. The highest BCUT2D eigenvalue weighted by Crippen LogP contribution is 2.48. The van der Waals surface area contributed by atoms with Gasteiger partial charge in [-0.15, -0.1) is 0 Å². The van der Waals surface area contributed by atoms with Crippen LogP contribution in [0.3, 0.4) is 0 Å². The van der Waals surface area contributed by atoms with Gasteiger partial charge in [0.2, 0.25) is 5.95 Å². The van der Waals surface area contributed by atoms with Crippen molar-refractivity contribution in [2.75, 3.05) is 12.3 Å². The third kappa shape index (κ3) is 1.41. The summed E-state index contributed by atoms with van der Waals surface area (Å²) in [6.07, 6.45) is -1.96. The summed E-state index contributed by atoms with van der Waals surface area (Å²) in [6.45, 7) is -0.271. The van der Waals surface area contributed by atoms with Crippen LogP contribution in [0.15, 0.2) is 9.95 Å². The lowest BCUT2D eigenvalue weighted by Crippen LogP contribution is -2.30. The summed E-state index contributed by atoms with van der Waals surface area (Å²) in [4.78, 5) is 22.5. The van der Waals surface area contributed by atoms with E-state index in [4.69, 9.17) is 10.5 Å². The number of thioether (sulfide) groups is 1. The first-order chi connectivity index (χ1) is 9.60. The number of aromatic nitrogens is 4. The predicted octanol–water partition coefficient (Wildman–Crippen LogP) is -1.57. The van der Waals surface area contributed by atoms with Gasteiger partial charge in [-0.3, -0.25) is 14.3 Å². The van der Waals surface area contributed by atoms with Gasteiger partial charge < -0.3 is 20.7 Å². The summed E-state index contributed by atoms with van der Waals surface area (Å²) in [5.74, 6) is -0.00379. The molecule has 1 saturated heterocycles. The molecule has 2 aliphatic rings. The van der Waals surface area contributed by atoms with Crippen molar-refractivity contribution in [3.8, 4) is 0 Å². The van der Waals surface area contributed by atoms with Crippen LogP contribution in [0.25, 0.3) is 11.2 Å². The zero-order valence-electron chi connectivity index (χ0n) is 10.1. The molecule has 2 aromatic rings. The molecule has 2 aromatic heterocycles. The lowest BCUT2D eigenvalue weighted by atomic mass is 10.2. The van der Waals surface area contributed by atoms with Crippen molar-refractivity contribution < 1.29 is 14.9 Å². The number of imidazole rings is 1. The van der Waals surface area contributed by atoms with Crippen LogP contribution >= 0.6 is 11.8 Å². The number of hydrogen-bond acceptors (Lipinski definition) is 8. The molecular formula is C10H11N5O4S. The number of aliphatic hydroxyl groups excluding tert-OH is 2. The molecule has 2 aliphatic heterocycles. The van der Waals surface area contributed by atoms with Crippen molar-refractivity contribution in [2.24, 2.45) is 0 Å². The summed E-state index contributed by atoms with van der Waals surface area (Å²) in [7, 11) is 0. The molecule has 0 bridgehead atoms. The minimum atomic E-state index is -0.800. The van der Waals surface area contributed by atoms with E-state index in [0.29, 0.717) is 10.8 Å². The lowest BCUT2D eigenvalue weighted by molar-refractivity contribution is -0.0448. The monoisotopic (exact) mass is 297 g/mol.